The highest BCUT2D eigenvalue weighted by atomic mass is 19.4. The molecule has 0 amide bonds. The van der Waals surface area contributed by atoms with Crippen molar-refractivity contribution in [1.82, 2.24) is 4.98 Å². The second-order valence-corrected chi connectivity index (χ2v) is 3.34. The number of hydrogen-bond acceptors (Lipinski definition) is 5. The van der Waals surface area contributed by atoms with Crippen molar-refractivity contribution in [2.24, 2.45) is 0 Å². The Morgan fingerprint density at radius 3 is 2.59 bits per heavy atom. The summed E-state index contributed by atoms with van der Waals surface area (Å²) in [5.74, 6) is -0.405. The van der Waals surface area contributed by atoms with Gasteiger partial charge in [-0.15, -0.1) is 0 Å². The quantitative estimate of drug-likeness (QED) is 0.650. The largest absolute Gasteiger partial charge is 0.405 e. The van der Waals surface area contributed by atoms with Crippen LogP contribution < -0.4 is 10.6 Å². The minimum absolute atomic E-state index is 0.200. The Labute approximate surface area is 94.0 Å². The SMILES string of the molecule is CN(CC(F)(F)F)c1cc([N+](=O)[O-])cc(N)n1. The first kappa shape index (κ1) is 13.0. The molecule has 1 heterocycles. The molecule has 0 aromatic carbocycles. The molecule has 17 heavy (non-hydrogen) atoms. The van der Waals surface area contributed by atoms with E-state index in [9.17, 15) is 23.3 Å². The normalized spacial score (nSPS) is 11.3. The van der Waals surface area contributed by atoms with Crippen molar-refractivity contribution in [3.05, 3.63) is 22.2 Å². The number of alkyl halides is 3. The molecule has 0 saturated heterocycles. The number of hydrogen-bond donors (Lipinski definition) is 1. The molecule has 0 bridgehead atoms. The maximum absolute atomic E-state index is 12.1. The molecule has 2 N–H and O–H groups in total. The highest BCUT2D eigenvalue weighted by Crippen LogP contribution is 2.24. The van der Waals surface area contributed by atoms with Gasteiger partial charge < -0.3 is 10.6 Å². The van der Waals surface area contributed by atoms with E-state index in [0.717, 1.165) is 24.1 Å². The van der Waals surface area contributed by atoms with Gasteiger partial charge in [-0.3, -0.25) is 10.1 Å². The van der Waals surface area contributed by atoms with Crippen LogP contribution in [0.25, 0.3) is 0 Å². The van der Waals surface area contributed by atoms with E-state index in [1.165, 1.54) is 0 Å². The van der Waals surface area contributed by atoms with Gasteiger partial charge in [0.25, 0.3) is 5.69 Å². The molecule has 1 rings (SSSR count). The zero-order valence-electron chi connectivity index (χ0n) is 8.73. The molecule has 1 aromatic heterocycles. The first-order valence-corrected chi connectivity index (χ1v) is 4.39. The molecule has 0 saturated carbocycles. The topological polar surface area (TPSA) is 85.3 Å². The molecule has 0 aliphatic carbocycles. The number of halogens is 3. The molecular weight excluding hydrogens is 241 g/mol. The minimum atomic E-state index is -4.42. The zero-order chi connectivity index (χ0) is 13.2. The van der Waals surface area contributed by atoms with Gasteiger partial charge in [0.05, 0.1) is 17.1 Å². The van der Waals surface area contributed by atoms with Crippen LogP contribution in [-0.2, 0) is 0 Å². The van der Waals surface area contributed by atoms with E-state index in [-0.39, 0.29) is 11.6 Å². The van der Waals surface area contributed by atoms with Crippen LogP contribution in [0.4, 0.5) is 30.5 Å². The molecule has 0 unspecified atom stereocenters. The van der Waals surface area contributed by atoms with Crippen LogP contribution in [0.1, 0.15) is 0 Å². The highest BCUT2D eigenvalue weighted by Gasteiger charge is 2.30. The Morgan fingerprint density at radius 2 is 2.12 bits per heavy atom. The molecule has 0 aliphatic heterocycles. The number of anilines is 2. The maximum atomic E-state index is 12.1. The Hall–Kier alpha value is -2.06. The summed E-state index contributed by atoms with van der Waals surface area (Å²) in [6.07, 6.45) is -4.42. The summed E-state index contributed by atoms with van der Waals surface area (Å²) in [4.78, 5) is 14.1. The van der Waals surface area contributed by atoms with Gasteiger partial charge in [-0.2, -0.15) is 13.2 Å². The molecular formula is C8H9F3N4O2. The summed E-state index contributed by atoms with van der Waals surface area (Å²) in [6, 6.07) is 1.91. The lowest BCUT2D eigenvalue weighted by molar-refractivity contribution is -0.384. The number of nitrogen functional groups attached to an aromatic ring is 1. The lowest BCUT2D eigenvalue weighted by Gasteiger charge is -2.19. The van der Waals surface area contributed by atoms with E-state index in [2.05, 4.69) is 4.98 Å². The van der Waals surface area contributed by atoms with E-state index < -0.39 is 23.3 Å². The van der Waals surface area contributed by atoms with Crippen molar-refractivity contribution >= 4 is 17.3 Å². The predicted molar refractivity (Wildman–Crippen MR) is 54.6 cm³/mol. The van der Waals surface area contributed by atoms with E-state index >= 15 is 0 Å². The van der Waals surface area contributed by atoms with Crippen molar-refractivity contribution in [3.63, 3.8) is 0 Å². The minimum Gasteiger partial charge on any atom is -0.383 e. The van der Waals surface area contributed by atoms with Gasteiger partial charge in [0, 0.05) is 7.05 Å². The lowest BCUT2D eigenvalue weighted by Crippen LogP contribution is -2.31. The van der Waals surface area contributed by atoms with Gasteiger partial charge >= 0.3 is 6.18 Å². The summed E-state index contributed by atoms with van der Waals surface area (Å²) in [6.45, 7) is -1.26. The number of nitrogens with zero attached hydrogens (tertiary/aromatic N) is 3. The van der Waals surface area contributed by atoms with Crippen molar-refractivity contribution in [2.45, 2.75) is 6.18 Å². The molecule has 6 nitrogen and oxygen atoms in total. The molecule has 1 aromatic rings. The van der Waals surface area contributed by atoms with Crippen LogP contribution in [0.15, 0.2) is 12.1 Å². The van der Waals surface area contributed by atoms with Gasteiger partial charge in [-0.1, -0.05) is 0 Å². The zero-order valence-corrected chi connectivity index (χ0v) is 8.73. The number of rotatable bonds is 3. The highest BCUT2D eigenvalue weighted by molar-refractivity contribution is 5.53. The third-order valence-corrected chi connectivity index (χ3v) is 1.83. The number of nitro groups is 1. The first-order chi connectivity index (χ1) is 7.69. The average Bonchev–Trinajstić information content (AvgIpc) is 2.13. The molecule has 9 heteroatoms. The Morgan fingerprint density at radius 1 is 1.53 bits per heavy atom. The third kappa shape index (κ3) is 3.78. The summed E-state index contributed by atoms with van der Waals surface area (Å²) in [7, 11) is 1.12. The molecule has 0 radical (unpaired) electrons. The lowest BCUT2D eigenvalue weighted by atomic mass is 10.3. The van der Waals surface area contributed by atoms with Crippen LogP contribution in [0.3, 0.4) is 0 Å². The summed E-state index contributed by atoms with van der Waals surface area (Å²) >= 11 is 0. The summed E-state index contributed by atoms with van der Waals surface area (Å²) in [5.41, 5.74) is 4.87. The van der Waals surface area contributed by atoms with Gasteiger partial charge in [-0.25, -0.2) is 4.98 Å². The van der Waals surface area contributed by atoms with Crippen LogP contribution in [0, 0.1) is 10.1 Å². The molecule has 0 atom stereocenters. The van der Waals surface area contributed by atoms with Crippen LogP contribution in [0.2, 0.25) is 0 Å². The maximum Gasteiger partial charge on any atom is 0.405 e. The molecule has 94 valence electrons. The van der Waals surface area contributed by atoms with Gasteiger partial charge in [0.1, 0.15) is 18.2 Å². The monoisotopic (exact) mass is 250 g/mol. The standard InChI is InChI=1S/C8H9F3N4O2/c1-14(4-8(9,10)11)7-3-5(15(16)17)2-6(12)13-7/h2-3H,4H2,1H3,(H2,12,13). The molecule has 0 aliphatic rings. The third-order valence-electron chi connectivity index (χ3n) is 1.83. The average molecular weight is 250 g/mol. The number of nitrogens with two attached hydrogens (primary N) is 1. The second-order valence-electron chi connectivity index (χ2n) is 3.34. The van der Waals surface area contributed by atoms with Gasteiger partial charge in [0.15, 0.2) is 0 Å². The fourth-order valence-electron chi connectivity index (χ4n) is 1.17. The summed E-state index contributed by atoms with van der Waals surface area (Å²) < 4.78 is 36.4. The summed E-state index contributed by atoms with van der Waals surface area (Å²) in [5, 5.41) is 10.5. The molecule has 0 spiro atoms. The predicted octanol–water partition coefficient (Wildman–Crippen LogP) is 1.57. The fourth-order valence-corrected chi connectivity index (χ4v) is 1.17. The first-order valence-electron chi connectivity index (χ1n) is 4.39. The van der Waals surface area contributed by atoms with Gasteiger partial charge in [0.2, 0.25) is 0 Å². The Bertz CT molecular complexity index is 435. The van der Waals surface area contributed by atoms with E-state index in [0.29, 0.717) is 0 Å². The van der Waals surface area contributed by atoms with E-state index in [1.54, 1.807) is 0 Å². The number of pyridine rings is 1. The van der Waals surface area contributed by atoms with E-state index in [4.69, 9.17) is 5.73 Å². The Kier molecular flexibility index (Phi) is 3.39. The van der Waals surface area contributed by atoms with Crippen molar-refractivity contribution in [3.8, 4) is 0 Å². The van der Waals surface area contributed by atoms with Crippen LogP contribution in [0.5, 0.6) is 0 Å². The Balaban J connectivity index is 3.01. The second kappa shape index (κ2) is 4.44. The smallest absolute Gasteiger partial charge is 0.383 e. The van der Waals surface area contributed by atoms with Crippen molar-refractivity contribution in [2.75, 3.05) is 24.2 Å². The van der Waals surface area contributed by atoms with Crippen LogP contribution in [-0.4, -0.2) is 29.7 Å². The fraction of sp³-hybridized carbons (Fsp3) is 0.375. The van der Waals surface area contributed by atoms with E-state index in [1.807, 2.05) is 0 Å². The van der Waals surface area contributed by atoms with Crippen molar-refractivity contribution in [1.29, 1.82) is 0 Å². The van der Waals surface area contributed by atoms with Crippen molar-refractivity contribution < 1.29 is 18.1 Å². The molecule has 0 fully saturated rings. The van der Waals surface area contributed by atoms with Crippen LogP contribution >= 0.6 is 0 Å². The van der Waals surface area contributed by atoms with Gasteiger partial charge in [-0.05, 0) is 0 Å². The number of aromatic nitrogens is 1.